The van der Waals surface area contributed by atoms with Crippen molar-refractivity contribution in [3.05, 3.63) is 40.7 Å². The van der Waals surface area contributed by atoms with Crippen LogP contribution in [-0.2, 0) is 19.6 Å². The van der Waals surface area contributed by atoms with E-state index in [1.54, 1.807) is 18.2 Å². The fraction of sp³-hybridized carbons (Fsp3) is 0.357. The predicted octanol–water partition coefficient (Wildman–Crippen LogP) is 3.28. The molecule has 0 unspecified atom stereocenters. The van der Waals surface area contributed by atoms with Crippen LogP contribution in [0, 0.1) is 0 Å². The van der Waals surface area contributed by atoms with Crippen molar-refractivity contribution in [3.63, 3.8) is 0 Å². The number of anilines is 1. The van der Waals surface area contributed by atoms with Crippen LogP contribution in [0.3, 0.4) is 0 Å². The second-order valence-electron chi connectivity index (χ2n) is 4.27. The quantitative estimate of drug-likeness (QED) is 0.855. The minimum atomic E-state index is 0.436. The van der Waals surface area contributed by atoms with Crippen molar-refractivity contribution in [2.24, 2.45) is 0 Å². The van der Waals surface area contributed by atoms with E-state index in [1.165, 1.54) is 0 Å². The maximum absolute atomic E-state index is 5.93. The Morgan fingerprint density at radius 2 is 2.11 bits per heavy atom. The van der Waals surface area contributed by atoms with E-state index in [9.17, 15) is 0 Å². The van der Waals surface area contributed by atoms with Gasteiger partial charge in [-0.3, -0.25) is 4.68 Å². The minimum Gasteiger partial charge on any atom is -0.485 e. The van der Waals surface area contributed by atoms with Gasteiger partial charge in [-0.2, -0.15) is 5.10 Å². The van der Waals surface area contributed by atoms with Crippen molar-refractivity contribution in [2.75, 3.05) is 5.73 Å². The zero-order valence-electron chi connectivity index (χ0n) is 11.2. The Balaban J connectivity index is 2.13. The number of aryl methyl sites for hydroxylation is 2. The number of aromatic nitrogens is 2. The Morgan fingerprint density at radius 1 is 1.32 bits per heavy atom. The summed E-state index contributed by atoms with van der Waals surface area (Å²) < 4.78 is 7.68. The number of benzene rings is 1. The normalized spacial score (nSPS) is 10.7. The lowest BCUT2D eigenvalue weighted by Gasteiger charge is -2.10. The van der Waals surface area contributed by atoms with Gasteiger partial charge in [0.2, 0.25) is 0 Å². The smallest absolute Gasteiger partial charge is 0.144 e. The van der Waals surface area contributed by atoms with Gasteiger partial charge in [-0.25, -0.2) is 0 Å². The maximum atomic E-state index is 5.93. The standard InChI is InChI=1S/C14H18ClN3O/c1-3-11-8-12(18(4-2)17-11)9-19-14-7-10(15)5-6-13(14)16/h5-8H,3-4,9,16H2,1-2H3. The summed E-state index contributed by atoms with van der Waals surface area (Å²) in [6, 6.07) is 7.27. The van der Waals surface area contributed by atoms with E-state index < -0.39 is 0 Å². The van der Waals surface area contributed by atoms with Gasteiger partial charge in [-0.15, -0.1) is 0 Å². The molecule has 0 amide bonds. The number of nitrogens with zero attached hydrogens (tertiary/aromatic N) is 2. The highest BCUT2D eigenvalue weighted by molar-refractivity contribution is 6.30. The van der Waals surface area contributed by atoms with Crippen molar-refractivity contribution in [3.8, 4) is 5.75 Å². The molecule has 1 aromatic heterocycles. The first-order valence-electron chi connectivity index (χ1n) is 6.37. The third kappa shape index (κ3) is 3.20. The molecular formula is C14H18ClN3O. The molecule has 5 heteroatoms. The molecule has 0 saturated heterocycles. The zero-order chi connectivity index (χ0) is 13.8. The summed E-state index contributed by atoms with van der Waals surface area (Å²) in [7, 11) is 0. The van der Waals surface area contributed by atoms with Crippen LogP contribution in [0.2, 0.25) is 5.02 Å². The van der Waals surface area contributed by atoms with Crippen LogP contribution in [-0.4, -0.2) is 9.78 Å². The summed E-state index contributed by atoms with van der Waals surface area (Å²) >= 11 is 5.93. The lowest BCUT2D eigenvalue weighted by Crippen LogP contribution is -2.07. The van der Waals surface area contributed by atoms with E-state index in [2.05, 4.69) is 25.0 Å². The topological polar surface area (TPSA) is 53.1 Å². The Labute approximate surface area is 118 Å². The van der Waals surface area contributed by atoms with E-state index in [0.29, 0.717) is 23.1 Å². The summed E-state index contributed by atoms with van der Waals surface area (Å²) in [6.45, 7) is 5.40. The summed E-state index contributed by atoms with van der Waals surface area (Å²) in [6.07, 6.45) is 0.916. The second kappa shape index (κ2) is 5.97. The molecule has 0 radical (unpaired) electrons. The first-order valence-corrected chi connectivity index (χ1v) is 6.75. The maximum Gasteiger partial charge on any atom is 0.144 e. The number of rotatable bonds is 5. The Hall–Kier alpha value is -1.68. The van der Waals surface area contributed by atoms with Crippen LogP contribution < -0.4 is 10.5 Å². The molecule has 1 heterocycles. The summed E-state index contributed by atoms with van der Waals surface area (Å²) in [4.78, 5) is 0. The van der Waals surface area contributed by atoms with Crippen LogP contribution in [0.25, 0.3) is 0 Å². The largest absolute Gasteiger partial charge is 0.485 e. The highest BCUT2D eigenvalue weighted by Crippen LogP contribution is 2.26. The van der Waals surface area contributed by atoms with Gasteiger partial charge in [0.1, 0.15) is 12.4 Å². The van der Waals surface area contributed by atoms with Crippen molar-refractivity contribution in [1.82, 2.24) is 9.78 Å². The molecule has 1 aromatic carbocycles. The number of halogens is 1. The number of hydrogen-bond acceptors (Lipinski definition) is 3. The van der Waals surface area contributed by atoms with Crippen molar-refractivity contribution in [2.45, 2.75) is 33.4 Å². The van der Waals surface area contributed by atoms with E-state index in [0.717, 1.165) is 24.4 Å². The fourth-order valence-corrected chi connectivity index (χ4v) is 2.02. The molecule has 0 aliphatic rings. The minimum absolute atomic E-state index is 0.436. The average molecular weight is 280 g/mol. The summed E-state index contributed by atoms with van der Waals surface area (Å²) in [5.74, 6) is 0.606. The molecule has 2 rings (SSSR count). The van der Waals surface area contributed by atoms with Crippen molar-refractivity contribution < 1.29 is 4.74 Å². The average Bonchev–Trinajstić information content (AvgIpc) is 2.82. The predicted molar refractivity (Wildman–Crippen MR) is 77.5 cm³/mol. The third-order valence-electron chi connectivity index (χ3n) is 2.93. The molecule has 19 heavy (non-hydrogen) atoms. The lowest BCUT2D eigenvalue weighted by molar-refractivity contribution is 0.294. The summed E-state index contributed by atoms with van der Waals surface area (Å²) in [5, 5.41) is 5.09. The Bertz CT molecular complexity index is 566. The van der Waals surface area contributed by atoms with Crippen LogP contribution in [0.5, 0.6) is 5.75 Å². The van der Waals surface area contributed by atoms with Gasteiger partial charge < -0.3 is 10.5 Å². The molecule has 0 bridgehead atoms. The van der Waals surface area contributed by atoms with Gasteiger partial charge in [-0.1, -0.05) is 18.5 Å². The van der Waals surface area contributed by atoms with Gasteiger partial charge in [0.25, 0.3) is 0 Å². The zero-order valence-corrected chi connectivity index (χ0v) is 11.9. The van der Waals surface area contributed by atoms with Gasteiger partial charge >= 0.3 is 0 Å². The SMILES string of the molecule is CCc1cc(COc2cc(Cl)ccc2N)n(CC)n1. The van der Waals surface area contributed by atoms with Gasteiger partial charge in [0, 0.05) is 17.6 Å². The molecule has 0 aliphatic carbocycles. The second-order valence-corrected chi connectivity index (χ2v) is 4.70. The third-order valence-corrected chi connectivity index (χ3v) is 3.16. The van der Waals surface area contributed by atoms with Crippen LogP contribution in [0.15, 0.2) is 24.3 Å². The molecule has 0 atom stereocenters. The van der Waals surface area contributed by atoms with Crippen molar-refractivity contribution in [1.29, 1.82) is 0 Å². The number of nitrogens with two attached hydrogens (primary N) is 1. The molecule has 2 aromatic rings. The number of hydrogen-bond donors (Lipinski definition) is 1. The van der Waals surface area contributed by atoms with E-state index in [-0.39, 0.29) is 0 Å². The molecule has 2 N–H and O–H groups in total. The van der Waals surface area contributed by atoms with Crippen LogP contribution in [0.1, 0.15) is 25.2 Å². The first kappa shape index (κ1) is 13.7. The Kier molecular flexibility index (Phi) is 4.32. The van der Waals surface area contributed by atoms with E-state index in [4.69, 9.17) is 22.1 Å². The van der Waals surface area contributed by atoms with E-state index >= 15 is 0 Å². The first-order chi connectivity index (χ1) is 9.13. The highest BCUT2D eigenvalue weighted by atomic mass is 35.5. The van der Waals surface area contributed by atoms with Crippen LogP contribution in [0.4, 0.5) is 5.69 Å². The highest BCUT2D eigenvalue weighted by Gasteiger charge is 2.08. The summed E-state index contributed by atoms with van der Waals surface area (Å²) in [5.41, 5.74) is 8.54. The van der Waals surface area contributed by atoms with Gasteiger partial charge in [0.15, 0.2) is 0 Å². The molecule has 0 saturated carbocycles. The van der Waals surface area contributed by atoms with Gasteiger partial charge in [0.05, 0.1) is 17.1 Å². The molecule has 0 aliphatic heterocycles. The molecular weight excluding hydrogens is 262 g/mol. The number of nitrogen functional groups attached to an aromatic ring is 1. The molecule has 102 valence electrons. The molecule has 4 nitrogen and oxygen atoms in total. The lowest BCUT2D eigenvalue weighted by atomic mass is 10.3. The van der Waals surface area contributed by atoms with E-state index in [1.807, 2.05) is 4.68 Å². The monoisotopic (exact) mass is 279 g/mol. The van der Waals surface area contributed by atoms with Crippen LogP contribution >= 0.6 is 11.6 Å². The fourth-order valence-electron chi connectivity index (χ4n) is 1.86. The number of ether oxygens (including phenoxy) is 1. The van der Waals surface area contributed by atoms with Crippen molar-refractivity contribution >= 4 is 17.3 Å². The Morgan fingerprint density at radius 3 is 2.79 bits per heavy atom. The molecule has 0 spiro atoms. The molecule has 0 fully saturated rings. The van der Waals surface area contributed by atoms with Gasteiger partial charge in [-0.05, 0) is 31.5 Å².